The van der Waals surface area contributed by atoms with E-state index in [2.05, 4.69) is 5.32 Å². The van der Waals surface area contributed by atoms with Gasteiger partial charge in [0.15, 0.2) is 9.84 Å². The lowest BCUT2D eigenvalue weighted by Gasteiger charge is -2.31. The number of hydrogen-bond acceptors (Lipinski definition) is 4. The van der Waals surface area contributed by atoms with Gasteiger partial charge in [-0.2, -0.15) is 0 Å². The third-order valence-corrected chi connectivity index (χ3v) is 5.08. The predicted octanol–water partition coefficient (Wildman–Crippen LogP) is 0.934. The molecule has 0 bridgehead atoms. The molecule has 1 atom stereocenters. The van der Waals surface area contributed by atoms with Gasteiger partial charge in [0.1, 0.15) is 5.75 Å². The number of carbonyl (C=O) groups excluding carboxylic acids is 1. The highest BCUT2D eigenvalue weighted by atomic mass is 35.5. The smallest absolute Gasteiger partial charge is 0.238 e. The van der Waals surface area contributed by atoms with Crippen molar-refractivity contribution in [3.63, 3.8) is 0 Å². The van der Waals surface area contributed by atoms with E-state index in [4.69, 9.17) is 11.6 Å². The van der Waals surface area contributed by atoms with Crippen LogP contribution in [0.3, 0.4) is 0 Å². The Morgan fingerprint density at radius 2 is 2.05 bits per heavy atom. The number of nitrogens with zero attached hydrogens (tertiary/aromatic N) is 1. The molecule has 0 spiro atoms. The zero-order chi connectivity index (χ0) is 14.8. The molecule has 1 aliphatic rings. The van der Waals surface area contributed by atoms with Crippen molar-refractivity contribution in [3.05, 3.63) is 29.3 Å². The van der Waals surface area contributed by atoms with Gasteiger partial charge in [-0.05, 0) is 31.2 Å². The maximum Gasteiger partial charge on any atom is 0.238 e. The third kappa shape index (κ3) is 3.71. The van der Waals surface area contributed by atoms with E-state index in [9.17, 15) is 13.2 Å². The highest BCUT2D eigenvalue weighted by molar-refractivity contribution is 7.92. The summed E-state index contributed by atoms with van der Waals surface area (Å²) in [6.45, 7) is 3.73. The molecule has 0 saturated carbocycles. The molecule has 1 N–H and O–H groups in total. The Bertz CT molecular complexity index is 586. The first-order valence-electron chi connectivity index (χ1n) is 6.38. The Hall–Kier alpha value is -1.11. The molecule has 1 aliphatic heterocycles. The fraction of sp³-hybridized carbons (Fsp3) is 0.462. The van der Waals surface area contributed by atoms with Crippen molar-refractivity contribution in [3.8, 4) is 0 Å². The number of sulfone groups is 1. The molecule has 1 amide bonds. The standard InChI is InChI=1S/C13H17ClN2O3S/c1-10-8-16(7-6-15-10)13(17)9-20(18,19)12-4-2-11(14)3-5-12/h2-5,10,15H,6-9H2,1H3/t10-/m1/s1. The van der Waals surface area contributed by atoms with Gasteiger partial charge in [0.25, 0.3) is 0 Å². The van der Waals surface area contributed by atoms with Crippen LogP contribution in [0.4, 0.5) is 0 Å². The summed E-state index contributed by atoms with van der Waals surface area (Å²) in [7, 11) is -3.61. The molecule has 1 heterocycles. The van der Waals surface area contributed by atoms with Gasteiger partial charge in [-0.3, -0.25) is 4.79 Å². The van der Waals surface area contributed by atoms with E-state index in [0.29, 0.717) is 24.7 Å². The fourth-order valence-corrected chi connectivity index (χ4v) is 3.49. The van der Waals surface area contributed by atoms with Crippen molar-refractivity contribution < 1.29 is 13.2 Å². The summed E-state index contributed by atoms with van der Waals surface area (Å²) in [6.07, 6.45) is 0. The Morgan fingerprint density at radius 1 is 1.40 bits per heavy atom. The minimum Gasteiger partial charge on any atom is -0.339 e. The van der Waals surface area contributed by atoms with Gasteiger partial charge in [0.05, 0.1) is 4.90 Å². The van der Waals surface area contributed by atoms with Crippen LogP contribution in [0.5, 0.6) is 0 Å². The molecule has 110 valence electrons. The third-order valence-electron chi connectivity index (χ3n) is 3.21. The second-order valence-electron chi connectivity index (χ2n) is 4.91. The van der Waals surface area contributed by atoms with E-state index in [-0.39, 0.29) is 16.8 Å². The SMILES string of the molecule is C[C@@H]1CN(C(=O)CS(=O)(=O)c2ccc(Cl)cc2)CCN1. The van der Waals surface area contributed by atoms with Gasteiger partial charge in [0, 0.05) is 30.7 Å². The zero-order valence-corrected chi connectivity index (χ0v) is 12.7. The van der Waals surface area contributed by atoms with Crippen molar-refractivity contribution in [2.75, 3.05) is 25.4 Å². The molecule has 7 heteroatoms. The zero-order valence-electron chi connectivity index (χ0n) is 11.2. The molecule has 0 unspecified atom stereocenters. The monoisotopic (exact) mass is 316 g/mol. The summed E-state index contributed by atoms with van der Waals surface area (Å²) in [4.78, 5) is 13.8. The number of hydrogen-bond donors (Lipinski definition) is 1. The maximum absolute atomic E-state index is 12.2. The average Bonchev–Trinajstić information content (AvgIpc) is 2.38. The summed E-state index contributed by atoms with van der Waals surface area (Å²) >= 11 is 5.73. The number of halogens is 1. The lowest BCUT2D eigenvalue weighted by atomic mass is 10.2. The van der Waals surface area contributed by atoms with Crippen LogP contribution in [0, 0.1) is 0 Å². The van der Waals surface area contributed by atoms with Crippen LogP contribution in [-0.4, -0.2) is 50.7 Å². The average molecular weight is 317 g/mol. The molecule has 20 heavy (non-hydrogen) atoms. The summed E-state index contributed by atoms with van der Waals surface area (Å²) in [5, 5.41) is 3.67. The van der Waals surface area contributed by atoms with Crippen molar-refractivity contribution >= 4 is 27.3 Å². The first-order valence-corrected chi connectivity index (χ1v) is 8.41. The Kier molecular flexibility index (Phi) is 4.67. The quantitative estimate of drug-likeness (QED) is 0.901. The molecule has 5 nitrogen and oxygen atoms in total. The highest BCUT2D eigenvalue weighted by Gasteiger charge is 2.26. The summed E-state index contributed by atoms with van der Waals surface area (Å²) in [5.41, 5.74) is 0. The first-order chi connectivity index (χ1) is 9.38. The molecule has 1 fully saturated rings. The topological polar surface area (TPSA) is 66.5 Å². The van der Waals surface area contributed by atoms with E-state index >= 15 is 0 Å². The van der Waals surface area contributed by atoms with Crippen LogP contribution < -0.4 is 5.32 Å². The van der Waals surface area contributed by atoms with Crippen LogP contribution >= 0.6 is 11.6 Å². The second-order valence-corrected chi connectivity index (χ2v) is 7.33. The van der Waals surface area contributed by atoms with Crippen molar-refractivity contribution in [1.82, 2.24) is 10.2 Å². The van der Waals surface area contributed by atoms with Crippen molar-refractivity contribution in [2.24, 2.45) is 0 Å². The number of piperazine rings is 1. The van der Waals surface area contributed by atoms with Gasteiger partial charge < -0.3 is 10.2 Å². The second kappa shape index (κ2) is 6.11. The van der Waals surface area contributed by atoms with Gasteiger partial charge in [0.2, 0.25) is 5.91 Å². The maximum atomic E-state index is 12.2. The largest absolute Gasteiger partial charge is 0.339 e. The summed E-state index contributed by atoms with van der Waals surface area (Å²) in [6, 6.07) is 6.04. The van der Waals surface area contributed by atoms with E-state index in [1.54, 1.807) is 4.90 Å². The molecule has 1 saturated heterocycles. The Balaban J connectivity index is 2.08. The molecule has 0 aromatic heterocycles. The van der Waals surface area contributed by atoms with Crippen LogP contribution in [0.25, 0.3) is 0 Å². The number of benzene rings is 1. The van der Waals surface area contributed by atoms with Crippen molar-refractivity contribution in [2.45, 2.75) is 17.9 Å². The molecular weight excluding hydrogens is 300 g/mol. The van der Waals surface area contributed by atoms with Crippen LogP contribution in [0.15, 0.2) is 29.2 Å². The van der Waals surface area contributed by atoms with Gasteiger partial charge in [-0.1, -0.05) is 11.6 Å². The van der Waals surface area contributed by atoms with Gasteiger partial charge >= 0.3 is 0 Å². The number of amides is 1. The van der Waals surface area contributed by atoms with E-state index < -0.39 is 15.6 Å². The van der Waals surface area contributed by atoms with E-state index in [1.807, 2.05) is 6.92 Å². The Labute approximate surface area is 123 Å². The normalized spacial score (nSPS) is 19.9. The predicted molar refractivity (Wildman–Crippen MR) is 77.5 cm³/mol. The summed E-state index contributed by atoms with van der Waals surface area (Å²) in [5.74, 6) is -0.852. The number of nitrogens with one attached hydrogen (secondary N) is 1. The van der Waals surface area contributed by atoms with E-state index in [0.717, 1.165) is 0 Å². The number of rotatable bonds is 3. The summed E-state index contributed by atoms with van der Waals surface area (Å²) < 4.78 is 24.3. The van der Waals surface area contributed by atoms with Crippen LogP contribution in [-0.2, 0) is 14.6 Å². The highest BCUT2D eigenvalue weighted by Crippen LogP contribution is 2.16. The Morgan fingerprint density at radius 3 is 2.65 bits per heavy atom. The molecular formula is C13H17ClN2O3S. The van der Waals surface area contributed by atoms with E-state index in [1.165, 1.54) is 24.3 Å². The number of carbonyl (C=O) groups is 1. The molecule has 1 aromatic rings. The molecule has 0 radical (unpaired) electrons. The molecule has 2 rings (SSSR count). The first kappa shape index (κ1) is 15.3. The lowest BCUT2D eigenvalue weighted by molar-refractivity contribution is -0.129. The molecule has 1 aromatic carbocycles. The van der Waals surface area contributed by atoms with Crippen LogP contribution in [0.2, 0.25) is 5.02 Å². The lowest BCUT2D eigenvalue weighted by Crippen LogP contribution is -2.52. The minimum absolute atomic E-state index is 0.124. The fourth-order valence-electron chi connectivity index (χ4n) is 2.14. The minimum atomic E-state index is -3.61. The molecule has 0 aliphatic carbocycles. The van der Waals surface area contributed by atoms with Gasteiger partial charge in [-0.25, -0.2) is 8.42 Å². The van der Waals surface area contributed by atoms with Crippen molar-refractivity contribution in [1.29, 1.82) is 0 Å². The van der Waals surface area contributed by atoms with Crippen LogP contribution in [0.1, 0.15) is 6.92 Å². The van der Waals surface area contributed by atoms with Gasteiger partial charge in [-0.15, -0.1) is 0 Å².